The monoisotopic (exact) mass is 458 g/mol. The van der Waals surface area contributed by atoms with E-state index in [2.05, 4.69) is 20.9 Å². The molecule has 4 N–H and O–H groups in total. The van der Waals surface area contributed by atoms with Crippen LogP contribution in [-0.4, -0.2) is 20.4 Å². The topological polar surface area (TPSA) is 116 Å². The minimum atomic E-state index is -3.93. The fourth-order valence-electron chi connectivity index (χ4n) is 2.61. The number of aryl methyl sites for hydroxylation is 1. The fourth-order valence-corrected chi connectivity index (χ4v) is 3.84. The molecule has 0 unspecified atom stereocenters. The minimum Gasteiger partial charge on any atom is -0.307 e. The van der Waals surface area contributed by atoms with Gasteiger partial charge in [0.25, 0.3) is 15.9 Å². The summed E-state index contributed by atoms with van der Waals surface area (Å²) in [4.78, 5) is 24.2. The molecule has 3 rings (SSSR count). The van der Waals surface area contributed by atoms with Crippen LogP contribution in [0.5, 0.6) is 0 Å². The molecule has 0 radical (unpaired) electrons. The molecule has 31 heavy (non-hydrogen) atoms. The van der Waals surface area contributed by atoms with Crippen LogP contribution >= 0.6 is 11.6 Å². The maximum atomic E-state index is 12.6. The van der Waals surface area contributed by atoms with E-state index in [1.54, 1.807) is 30.3 Å². The Hall–Kier alpha value is -3.56. The fraction of sp³-hybridized carbons (Fsp3) is 0.0476. The Bertz CT molecular complexity index is 1210. The molecule has 0 aliphatic heterocycles. The van der Waals surface area contributed by atoms with Crippen molar-refractivity contribution in [3.8, 4) is 0 Å². The number of hydrazine groups is 1. The molecule has 3 amide bonds. The van der Waals surface area contributed by atoms with Gasteiger partial charge in [0.2, 0.25) is 0 Å². The first kappa shape index (κ1) is 22.1. The van der Waals surface area contributed by atoms with E-state index in [0.717, 1.165) is 5.56 Å². The second kappa shape index (κ2) is 9.50. The third kappa shape index (κ3) is 6.21. The van der Waals surface area contributed by atoms with Crippen LogP contribution in [-0.2, 0) is 10.0 Å². The Morgan fingerprint density at radius 2 is 1.55 bits per heavy atom. The summed E-state index contributed by atoms with van der Waals surface area (Å²) in [5, 5.41) is 3.05. The number of anilines is 2. The number of carbonyl (C=O) groups excluding carboxylic acids is 2. The Morgan fingerprint density at radius 1 is 0.839 bits per heavy atom. The number of urea groups is 1. The van der Waals surface area contributed by atoms with Crippen LogP contribution in [0.2, 0.25) is 5.02 Å². The van der Waals surface area contributed by atoms with Crippen molar-refractivity contribution in [1.29, 1.82) is 0 Å². The number of hydrogen-bond acceptors (Lipinski definition) is 4. The van der Waals surface area contributed by atoms with Crippen LogP contribution in [0.4, 0.5) is 16.2 Å². The van der Waals surface area contributed by atoms with Gasteiger partial charge in [-0.15, -0.1) is 0 Å². The average Bonchev–Trinajstić information content (AvgIpc) is 2.73. The van der Waals surface area contributed by atoms with Gasteiger partial charge in [-0.25, -0.2) is 18.6 Å². The van der Waals surface area contributed by atoms with Gasteiger partial charge in [0.1, 0.15) is 0 Å². The van der Waals surface area contributed by atoms with Crippen LogP contribution in [0.25, 0.3) is 0 Å². The molecule has 0 aliphatic rings. The van der Waals surface area contributed by atoms with Crippen LogP contribution in [0.15, 0.2) is 77.7 Å². The molecule has 0 fully saturated rings. The zero-order valence-corrected chi connectivity index (χ0v) is 17.9. The van der Waals surface area contributed by atoms with E-state index in [-0.39, 0.29) is 10.5 Å². The van der Waals surface area contributed by atoms with Crippen LogP contribution in [0, 0.1) is 6.92 Å². The van der Waals surface area contributed by atoms with E-state index in [1.165, 1.54) is 36.4 Å². The lowest BCUT2D eigenvalue weighted by Gasteiger charge is -2.11. The molecule has 0 aromatic heterocycles. The molecule has 3 aromatic rings. The van der Waals surface area contributed by atoms with E-state index in [9.17, 15) is 18.0 Å². The van der Waals surface area contributed by atoms with Crippen LogP contribution < -0.4 is 20.9 Å². The number of benzene rings is 3. The van der Waals surface area contributed by atoms with Crippen molar-refractivity contribution in [3.05, 3.63) is 88.9 Å². The number of nitrogens with one attached hydrogen (secondary N) is 4. The molecule has 160 valence electrons. The number of hydrogen-bond donors (Lipinski definition) is 4. The highest BCUT2D eigenvalue weighted by Crippen LogP contribution is 2.19. The van der Waals surface area contributed by atoms with Gasteiger partial charge in [-0.05, 0) is 67.1 Å². The van der Waals surface area contributed by atoms with Crippen molar-refractivity contribution in [2.24, 2.45) is 0 Å². The summed E-state index contributed by atoms with van der Waals surface area (Å²) in [7, 11) is -3.93. The van der Waals surface area contributed by atoms with E-state index in [4.69, 9.17) is 11.6 Å². The third-order valence-electron chi connectivity index (χ3n) is 4.07. The first-order valence-electron chi connectivity index (χ1n) is 9.05. The Kier molecular flexibility index (Phi) is 6.78. The van der Waals surface area contributed by atoms with Crippen molar-refractivity contribution in [3.63, 3.8) is 0 Å². The van der Waals surface area contributed by atoms with Crippen molar-refractivity contribution in [2.75, 3.05) is 10.0 Å². The number of amides is 3. The molecular formula is C21H19ClN4O4S. The van der Waals surface area contributed by atoms with Crippen molar-refractivity contribution < 1.29 is 18.0 Å². The Labute approximate surface area is 184 Å². The molecule has 0 saturated carbocycles. The summed E-state index contributed by atoms with van der Waals surface area (Å²) < 4.78 is 27.6. The summed E-state index contributed by atoms with van der Waals surface area (Å²) in [6, 6.07) is 18.1. The Balaban J connectivity index is 1.64. The molecule has 0 spiro atoms. The van der Waals surface area contributed by atoms with E-state index in [1.807, 2.05) is 13.0 Å². The summed E-state index contributed by atoms with van der Waals surface area (Å²) in [6.07, 6.45) is 0. The first-order valence-corrected chi connectivity index (χ1v) is 10.9. The standard InChI is InChI=1S/C21H19ClN4O4S/c1-14-4-2-6-18(12-14)23-21(28)25-24-20(27)15-5-3-7-19(13-15)31(29,30)26-17-10-8-16(22)9-11-17/h2-13,26H,1H3,(H,24,27)(H2,23,25,28). The highest BCUT2D eigenvalue weighted by molar-refractivity contribution is 7.92. The normalized spacial score (nSPS) is 10.8. The lowest BCUT2D eigenvalue weighted by molar-refractivity contribution is 0.0937. The van der Waals surface area contributed by atoms with Crippen molar-refractivity contribution >= 4 is 44.9 Å². The van der Waals surface area contributed by atoms with Gasteiger partial charge in [0, 0.05) is 22.0 Å². The predicted molar refractivity (Wildman–Crippen MR) is 120 cm³/mol. The summed E-state index contributed by atoms with van der Waals surface area (Å²) in [5.74, 6) is -0.678. The van der Waals surface area contributed by atoms with Crippen LogP contribution in [0.1, 0.15) is 15.9 Å². The summed E-state index contributed by atoms with van der Waals surface area (Å²) in [5.41, 5.74) is 6.37. The number of sulfonamides is 1. The van der Waals surface area contributed by atoms with Gasteiger partial charge in [-0.3, -0.25) is 14.9 Å². The molecule has 10 heteroatoms. The number of rotatable bonds is 5. The SMILES string of the molecule is Cc1cccc(NC(=O)NNC(=O)c2cccc(S(=O)(=O)Nc3ccc(Cl)cc3)c2)c1. The largest absolute Gasteiger partial charge is 0.337 e. The molecule has 8 nitrogen and oxygen atoms in total. The van der Waals surface area contributed by atoms with Crippen molar-refractivity contribution in [2.45, 2.75) is 11.8 Å². The number of carbonyl (C=O) groups is 2. The summed E-state index contributed by atoms with van der Waals surface area (Å²) >= 11 is 5.80. The van der Waals surface area contributed by atoms with Gasteiger partial charge in [0.15, 0.2) is 0 Å². The lowest BCUT2D eigenvalue weighted by atomic mass is 10.2. The van der Waals surface area contributed by atoms with Crippen LogP contribution in [0.3, 0.4) is 0 Å². The predicted octanol–water partition coefficient (Wildman–Crippen LogP) is 3.92. The molecule has 0 atom stereocenters. The first-order chi connectivity index (χ1) is 14.7. The second-order valence-electron chi connectivity index (χ2n) is 6.54. The zero-order valence-electron chi connectivity index (χ0n) is 16.3. The Morgan fingerprint density at radius 3 is 2.26 bits per heavy atom. The second-order valence-corrected chi connectivity index (χ2v) is 8.66. The van der Waals surface area contributed by atoms with Crippen molar-refractivity contribution in [1.82, 2.24) is 10.9 Å². The third-order valence-corrected chi connectivity index (χ3v) is 5.70. The van der Waals surface area contributed by atoms with Gasteiger partial charge in [-0.1, -0.05) is 29.8 Å². The van der Waals surface area contributed by atoms with Gasteiger partial charge < -0.3 is 5.32 Å². The lowest BCUT2D eigenvalue weighted by Crippen LogP contribution is -2.43. The quantitative estimate of drug-likeness (QED) is 0.433. The molecular weight excluding hydrogens is 440 g/mol. The van der Waals surface area contributed by atoms with E-state index in [0.29, 0.717) is 16.4 Å². The molecule has 3 aromatic carbocycles. The average molecular weight is 459 g/mol. The molecule has 0 saturated heterocycles. The van der Waals surface area contributed by atoms with E-state index >= 15 is 0 Å². The molecule has 0 bridgehead atoms. The maximum Gasteiger partial charge on any atom is 0.337 e. The number of halogens is 1. The highest BCUT2D eigenvalue weighted by Gasteiger charge is 2.17. The minimum absolute atomic E-state index is 0.0508. The molecule has 0 aliphatic carbocycles. The van der Waals surface area contributed by atoms with Gasteiger partial charge in [-0.2, -0.15) is 0 Å². The smallest absolute Gasteiger partial charge is 0.307 e. The van der Waals surface area contributed by atoms with Gasteiger partial charge in [0.05, 0.1) is 4.90 Å². The highest BCUT2D eigenvalue weighted by atomic mass is 35.5. The van der Waals surface area contributed by atoms with E-state index < -0.39 is 22.0 Å². The zero-order chi connectivity index (χ0) is 22.4. The van der Waals surface area contributed by atoms with Gasteiger partial charge >= 0.3 is 6.03 Å². The summed E-state index contributed by atoms with van der Waals surface area (Å²) in [6.45, 7) is 1.88. The molecule has 0 heterocycles. The maximum absolute atomic E-state index is 12.6.